The summed E-state index contributed by atoms with van der Waals surface area (Å²) >= 11 is 0. The molecule has 0 radical (unpaired) electrons. The Bertz CT molecular complexity index is 743. The summed E-state index contributed by atoms with van der Waals surface area (Å²) in [5, 5.41) is 2.89. The molecule has 0 aromatic heterocycles. The fourth-order valence-electron chi connectivity index (χ4n) is 2.71. The van der Waals surface area contributed by atoms with Crippen LogP contribution < -0.4 is 11.1 Å². The molecule has 1 aliphatic heterocycles. The molecule has 0 saturated heterocycles. The molecular weight excluding hydrogens is 328 g/mol. The van der Waals surface area contributed by atoms with Crippen LogP contribution >= 0.6 is 0 Å². The summed E-state index contributed by atoms with van der Waals surface area (Å²) in [6.07, 6.45) is 0.796. The number of amides is 1. The van der Waals surface area contributed by atoms with E-state index in [1.807, 2.05) is 0 Å². The van der Waals surface area contributed by atoms with E-state index in [1.165, 1.54) is 6.07 Å². The first-order valence-electron chi connectivity index (χ1n) is 7.89. The first kappa shape index (κ1) is 18.4. The van der Waals surface area contributed by atoms with Gasteiger partial charge < -0.3 is 16.0 Å². The summed E-state index contributed by atoms with van der Waals surface area (Å²) in [5.74, 6) is 0.500. The molecule has 132 valence electrons. The van der Waals surface area contributed by atoms with Crippen molar-refractivity contribution in [3.05, 3.63) is 29.8 Å². The monoisotopic (exact) mass is 352 g/mol. The van der Waals surface area contributed by atoms with E-state index in [0.717, 1.165) is 6.42 Å². The summed E-state index contributed by atoms with van der Waals surface area (Å²) in [6, 6.07) is 6.51. The van der Waals surface area contributed by atoms with Crippen molar-refractivity contribution in [1.29, 1.82) is 0 Å². The van der Waals surface area contributed by atoms with Crippen molar-refractivity contribution in [1.82, 2.24) is 10.2 Å². The Morgan fingerprint density at radius 1 is 1.33 bits per heavy atom. The van der Waals surface area contributed by atoms with Crippen molar-refractivity contribution in [2.24, 2.45) is 16.0 Å². The van der Waals surface area contributed by atoms with Gasteiger partial charge in [-0.25, -0.2) is 0 Å². The molecule has 1 aromatic carbocycles. The van der Waals surface area contributed by atoms with Crippen LogP contribution in [0.3, 0.4) is 0 Å². The number of nitrogens with one attached hydrogen (secondary N) is 1. The van der Waals surface area contributed by atoms with Gasteiger partial charge in [-0.1, -0.05) is 26.0 Å². The van der Waals surface area contributed by atoms with Gasteiger partial charge in [0.1, 0.15) is 4.90 Å². The molecule has 24 heavy (non-hydrogen) atoms. The average molecular weight is 352 g/mol. The minimum atomic E-state index is -3.68. The van der Waals surface area contributed by atoms with E-state index < -0.39 is 10.0 Å². The zero-order valence-corrected chi connectivity index (χ0v) is 15.0. The zero-order valence-electron chi connectivity index (χ0n) is 14.2. The first-order chi connectivity index (χ1) is 11.2. The first-order valence-corrected chi connectivity index (χ1v) is 9.33. The molecule has 0 aliphatic carbocycles. The number of nitrogens with zero attached hydrogens (tertiary/aromatic N) is 2. The largest absolute Gasteiger partial charge is 0.351 e. The third kappa shape index (κ3) is 4.12. The van der Waals surface area contributed by atoms with Crippen molar-refractivity contribution < 1.29 is 13.2 Å². The summed E-state index contributed by atoms with van der Waals surface area (Å²) < 4.78 is 27.9. The third-order valence-corrected chi connectivity index (χ3v) is 5.09. The van der Waals surface area contributed by atoms with Gasteiger partial charge in [-0.05, 0) is 24.5 Å². The van der Waals surface area contributed by atoms with Crippen molar-refractivity contribution in [3.63, 3.8) is 0 Å². The number of sulfonamides is 1. The van der Waals surface area contributed by atoms with Crippen LogP contribution in [0.5, 0.6) is 0 Å². The Balaban J connectivity index is 2.08. The highest BCUT2D eigenvalue weighted by Gasteiger charge is 2.31. The lowest BCUT2D eigenvalue weighted by atomic mass is 10.0. The lowest BCUT2D eigenvalue weighted by Crippen LogP contribution is -2.46. The zero-order chi connectivity index (χ0) is 17.9. The Hall–Kier alpha value is -1.93. The van der Waals surface area contributed by atoms with E-state index in [0.29, 0.717) is 18.0 Å². The van der Waals surface area contributed by atoms with Crippen LogP contribution in [-0.2, 0) is 14.8 Å². The Labute approximate surface area is 143 Å². The normalized spacial score (nSPS) is 16.5. The molecule has 1 unspecified atom stereocenters. The number of hydrogen-bond donors (Lipinski definition) is 2. The standard InChI is InChI=1S/C16H24N4O3S/c1-11(2)8-12(9-17)18-15(21)10-20(3)16-13-6-4-5-7-14(13)24(22,23)19-16/h4-7,11-12H,8-10,17H2,1-3H3,(H,18,21). The Kier molecular flexibility index (Phi) is 5.61. The summed E-state index contributed by atoms with van der Waals surface area (Å²) in [5.41, 5.74) is 6.21. The van der Waals surface area contributed by atoms with E-state index in [-0.39, 0.29) is 29.2 Å². The molecule has 0 fully saturated rings. The van der Waals surface area contributed by atoms with Gasteiger partial charge in [0, 0.05) is 25.2 Å². The summed E-state index contributed by atoms with van der Waals surface area (Å²) in [4.78, 5) is 13.9. The van der Waals surface area contributed by atoms with Crippen LogP contribution in [0.1, 0.15) is 25.8 Å². The molecular formula is C16H24N4O3S. The molecule has 0 saturated carbocycles. The van der Waals surface area contributed by atoms with E-state index in [2.05, 4.69) is 23.6 Å². The SMILES string of the molecule is CC(C)CC(CN)NC(=O)CN(C)C1=NS(=O)(=O)c2ccccc21. The van der Waals surface area contributed by atoms with Crippen LogP contribution in [0.4, 0.5) is 0 Å². The number of carbonyl (C=O) groups is 1. The van der Waals surface area contributed by atoms with Gasteiger partial charge in [-0.3, -0.25) is 4.79 Å². The molecule has 2 rings (SSSR count). The van der Waals surface area contributed by atoms with Gasteiger partial charge in [0.2, 0.25) is 5.91 Å². The van der Waals surface area contributed by atoms with Gasteiger partial charge in [-0.2, -0.15) is 8.42 Å². The predicted molar refractivity (Wildman–Crippen MR) is 93.2 cm³/mol. The van der Waals surface area contributed by atoms with Crippen molar-refractivity contribution >= 4 is 21.8 Å². The van der Waals surface area contributed by atoms with Crippen molar-refractivity contribution in [2.75, 3.05) is 20.1 Å². The maximum atomic E-state index is 12.2. The molecule has 0 spiro atoms. The quantitative estimate of drug-likeness (QED) is 0.778. The molecule has 1 aliphatic rings. The van der Waals surface area contributed by atoms with Crippen LogP contribution in [0.25, 0.3) is 0 Å². The lowest BCUT2D eigenvalue weighted by molar-refractivity contribution is -0.122. The fourth-order valence-corrected chi connectivity index (χ4v) is 3.96. The average Bonchev–Trinajstić information content (AvgIpc) is 2.78. The second kappa shape index (κ2) is 7.31. The third-order valence-electron chi connectivity index (χ3n) is 3.76. The smallest absolute Gasteiger partial charge is 0.285 e. The molecule has 7 nitrogen and oxygen atoms in total. The van der Waals surface area contributed by atoms with Crippen LogP contribution in [-0.4, -0.2) is 51.2 Å². The van der Waals surface area contributed by atoms with Gasteiger partial charge in [0.25, 0.3) is 10.0 Å². The molecule has 0 bridgehead atoms. The molecule has 3 N–H and O–H groups in total. The number of carbonyl (C=O) groups excluding carboxylic acids is 1. The minimum Gasteiger partial charge on any atom is -0.351 e. The van der Waals surface area contributed by atoms with E-state index in [4.69, 9.17) is 5.73 Å². The number of hydrogen-bond acceptors (Lipinski definition) is 5. The molecule has 1 atom stereocenters. The van der Waals surface area contributed by atoms with Gasteiger partial charge >= 0.3 is 0 Å². The van der Waals surface area contributed by atoms with Crippen LogP contribution in [0, 0.1) is 5.92 Å². The van der Waals surface area contributed by atoms with Crippen molar-refractivity contribution in [3.8, 4) is 0 Å². The Morgan fingerprint density at radius 2 is 2.00 bits per heavy atom. The topological polar surface area (TPSA) is 105 Å². The van der Waals surface area contributed by atoms with Gasteiger partial charge in [0.05, 0.1) is 6.54 Å². The number of amidine groups is 1. The highest BCUT2D eigenvalue weighted by Crippen LogP contribution is 2.26. The lowest BCUT2D eigenvalue weighted by Gasteiger charge is -2.22. The van der Waals surface area contributed by atoms with E-state index >= 15 is 0 Å². The second-order valence-electron chi connectivity index (χ2n) is 6.37. The van der Waals surface area contributed by atoms with E-state index in [9.17, 15) is 13.2 Å². The molecule has 1 amide bonds. The van der Waals surface area contributed by atoms with Crippen LogP contribution in [0.2, 0.25) is 0 Å². The van der Waals surface area contributed by atoms with E-state index in [1.54, 1.807) is 30.1 Å². The summed E-state index contributed by atoms with van der Waals surface area (Å²) in [7, 11) is -2.04. The van der Waals surface area contributed by atoms with Gasteiger partial charge in [-0.15, -0.1) is 4.40 Å². The molecule has 1 heterocycles. The number of nitrogens with two attached hydrogens (primary N) is 1. The minimum absolute atomic E-state index is 0.0112. The fraction of sp³-hybridized carbons (Fsp3) is 0.500. The number of benzene rings is 1. The predicted octanol–water partition coefficient (Wildman–Crippen LogP) is 0.557. The molecule has 1 aromatic rings. The maximum absolute atomic E-state index is 12.2. The number of likely N-dealkylation sites (N-methyl/N-ethyl adjacent to an activating group) is 1. The van der Waals surface area contributed by atoms with Crippen LogP contribution in [0.15, 0.2) is 33.6 Å². The second-order valence-corrected chi connectivity index (χ2v) is 7.94. The van der Waals surface area contributed by atoms with Crippen molar-refractivity contribution in [2.45, 2.75) is 31.2 Å². The number of fused-ring (bicyclic) bond motifs is 1. The Morgan fingerprint density at radius 3 is 2.62 bits per heavy atom. The summed E-state index contributed by atoms with van der Waals surface area (Å²) in [6.45, 7) is 4.51. The number of rotatable bonds is 6. The van der Waals surface area contributed by atoms with Gasteiger partial charge in [0.15, 0.2) is 5.84 Å². The maximum Gasteiger partial charge on any atom is 0.285 e. The molecule has 8 heteroatoms. The highest BCUT2D eigenvalue weighted by atomic mass is 32.2. The highest BCUT2D eigenvalue weighted by molar-refractivity contribution is 7.90.